The monoisotopic (exact) mass is 330 g/mol. The van der Waals surface area contributed by atoms with Gasteiger partial charge in [-0.05, 0) is 25.0 Å². The van der Waals surface area contributed by atoms with Crippen molar-refractivity contribution in [3.63, 3.8) is 0 Å². The maximum absolute atomic E-state index is 12.2. The number of hydrogen-bond donors (Lipinski definition) is 2. The summed E-state index contributed by atoms with van der Waals surface area (Å²) in [4.78, 5) is 27.5. The summed E-state index contributed by atoms with van der Waals surface area (Å²) in [5.41, 5.74) is 2.02. The zero-order valence-corrected chi connectivity index (χ0v) is 14.4. The number of rotatable bonds is 9. The summed E-state index contributed by atoms with van der Waals surface area (Å²) in [6.45, 7) is 4.16. The fourth-order valence-corrected chi connectivity index (χ4v) is 2.76. The lowest BCUT2D eigenvalue weighted by Crippen LogP contribution is -2.43. The number of fused-ring (bicyclic) bond motifs is 1. The van der Waals surface area contributed by atoms with Crippen molar-refractivity contribution in [3.05, 3.63) is 36.0 Å². The van der Waals surface area contributed by atoms with Gasteiger partial charge in [0.05, 0.1) is 6.61 Å². The third-order valence-electron chi connectivity index (χ3n) is 4.01. The molecule has 0 aliphatic carbocycles. The molecule has 5 heteroatoms. The van der Waals surface area contributed by atoms with Crippen LogP contribution >= 0.6 is 0 Å². The summed E-state index contributed by atoms with van der Waals surface area (Å²) in [6, 6.07) is 7.26. The van der Waals surface area contributed by atoms with Crippen LogP contribution in [0.3, 0.4) is 0 Å². The van der Waals surface area contributed by atoms with E-state index in [1.165, 1.54) is 0 Å². The van der Waals surface area contributed by atoms with E-state index in [-0.39, 0.29) is 11.9 Å². The van der Waals surface area contributed by atoms with Gasteiger partial charge in [-0.1, -0.05) is 38.0 Å². The maximum Gasteiger partial charge on any atom is 0.328 e. The third-order valence-corrected chi connectivity index (χ3v) is 4.01. The van der Waals surface area contributed by atoms with Gasteiger partial charge in [0.2, 0.25) is 5.91 Å². The van der Waals surface area contributed by atoms with Crippen molar-refractivity contribution >= 4 is 22.8 Å². The highest BCUT2D eigenvalue weighted by Gasteiger charge is 2.23. The fourth-order valence-electron chi connectivity index (χ4n) is 2.76. The Balaban J connectivity index is 2.08. The van der Waals surface area contributed by atoms with Gasteiger partial charge in [-0.15, -0.1) is 0 Å². The minimum absolute atomic E-state index is 0.0960. The molecule has 0 radical (unpaired) electrons. The van der Waals surface area contributed by atoms with Crippen LogP contribution < -0.4 is 5.32 Å². The lowest BCUT2D eigenvalue weighted by atomic mass is 10.0. The molecule has 2 aromatic rings. The number of H-pyrrole nitrogens is 1. The Labute approximate surface area is 142 Å². The van der Waals surface area contributed by atoms with Crippen molar-refractivity contribution in [2.45, 2.75) is 52.0 Å². The van der Waals surface area contributed by atoms with Crippen molar-refractivity contribution in [2.24, 2.45) is 0 Å². The van der Waals surface area contributed by atoms with Crippen molar-refractivity contribution in [1.29, 1.82) is 0 Å². The summed E-state index contributed by atoms with van der Waals surface area (Å²) in [6.07, 6.45) is 5.66. The van der Waals surface area contributed by atoms with E-state index >= 15 is 0 Å². The molecular weight excluding hydrogens is 304 g/mol. The van der Waals surface area contributed by atoms with Gasteiger partial charge in [0, 0.05) is 29.9 Å². The van der Waals surface area contributed by atoms with Crippen LogP contribution in [0.2, 0.25) is 0 Å². The maximum atomic E-state index is 12.2. The second-order valence-electron chi connectivity index (χ2n) is 5.89. The van der Waals surface area contributed by atoms with Gasteiger partial charge in [0.1, 0.15) is 6.04 Å². The molecule has 24 heavy (non-hydrogen) atoms. The number of aromatic amines is 1. The number of ether oxygens (including phenoxy) is 1. The highest BCUT2D eigenvalue weighted by Crippen LogP contribution is 2.19. The smallest absolute Gasteiger partial charge is 0.328 e. The van der Waals surface area contributed by atoms with Crippen LogP contribution in [-0.2, 0) is 20.7 Å². The Morgan fingerprint density at radius 1 is 1.21 bits per heavy atom. The van der Waals surface area contributed by atoms with E-state index in [4.69, 9.17) is 4.74 Å². The first kappa shape index (κ1) is 18.0. The first-order valence-corrected chi connectivity index (χ1v) is 8.66. The highest BCUT2D eigenvalue weighted by molar-refractivity contribution is 5.87. The van der Waals surface area contributed by atoms with Crippen LogP contribution in [-0.4, -0.2) is 29.5 Å². The van der Waals surface area contributed by atoms with E-state index in [1.54, 1.807) is 6.92 Å². The molecule has 0 aliphatic heterocycles. The number of nitrogens with one attached hydrogen (secondary N) is 2. The minimum Gasteiger partial charge on any atom is -0.464 e. The van der Waals surface area contributed by atoms with E-state index in [1.807, 2.05) is 30.5 Å². The van der Waals surface area contributed by atoms with Crippen LogP contribution in [0, 0.1) is 0 Å². The Morgan fingerprint density at radius 3 is 2.75 bits per heavy atom. The minimum atomic E-state index is -0.654. The summed E-state index contributed by atoms with van der Waals surface area (Å²) in [7, 11) is 0. The molecule has 0 fully saturated rings. The molecule has 1 amide bonds. The normalized spacial score (nSPS) is 12.1. The Kier molecular flexibility index (Phi) is 6.85. The molecule has 1 heterocycles. The molecule has 1 atom stereocenters. The van der Waals surface area contributed by atoms with Crippen LogP contribution in [0.1, 0.15) is 45.1 Å². The van der Waals surface area contributed by atoms with Gasteiger partial charge in [0.15, 0.2) is 0 Å². The quantitative estimate of drug-likeness (QED) is 0.547. The molecule has 0 spiro atoms. The number of esters is 1. The fraction of sp³-hybridized carbons (Fsp3) is 0.474. The van der Waals surface area contributed by atoms with Crippen molar-refractivity contribution in [2.75, 3.05) is 6.61 Å². The topological polar surface area (TPSA) is 71.2 Å². The second kappa shape index (κ2) is 9.11. The summed E-state index contributed by atoms with van der Waals surface area (Å²) >= 11 is 0. The number of para-hydroxylation sites is 1. The van der Waals surface area contributed by atoms with Gasteiger partial charge in [-0.25, -0.2) is 4.79 Å². The summed E-state index contributed by atoms with van der Waals surface area (Å²) in [5, 5.41) is 3.90. The lowest BCUT2D eigenvalue weighted by molar-refractivity contribution is -0.147. The zero-order valence-electron chi connectivity index (χ0n) is 14.4. The Bertz CT molecular complexity index is 678. The molecule has 0 aliphatic rings. The van der Waals surface area contributed by atoms with Crippen molar-refractivity contribution in [1.82, 2.24) is 10.3 Å². The van der Waals surface area contributed by atoms with Crippen LogP contribution in [0.5, 0.6) is 0 Å². The number of unbranched alkanes of at least 4 members (excludes halogenated alkanes) is 2. The number of carbonyl (C=O) groups is 2. The standard InChI is InChI=1S/C19H26N2O3/c1-3-5-6-11-18(22)21-17(19(23)24-4-2)12-14-13-20-16-10-8-7-9-15(14)16/h7-10,13,17,20H,3-6,11-12H2,1-2H3,(H,21,22)/t17-/m0/s1. The molecular formula is C19H26N2O3. The molecule has 0 bridgehead atoms. The van der Waals surface area contributed by atoms with Gasteiger partial charge in [0.25, 0.3) is 0 Å². The molecule has 1 aromatic carbocycles. The van der Waals surface area contributed by atoms with Crippen molar-refractivity contribution in [3.8, 4) is 0 Å². The Hall–Kier alpha value is -2.30. The van der Waals surface area contributed by atoms with Gasteiger partial charge >= 0.3 is 5.97 Å². The number of amides is 1. The van der Waals surface area contributed by atoms with Gasteiger partial charge < -0.3 is 15.0 Å². The van der Waals surface area contributed by atoms with Gasteiger partial charge in [-0.2, -0.15) is 0 Å². The Morgan fingerprint density at radius 2 is 2.00 bits per heavy atom. The van der Waals surface area contributed by atoms with Gasteiger partial charge in [-0.3, -0.25) is 4.79 Å². The van der Waals surface area contributed by atoms with Crippen molar-refractivity contribution < 1.29 is 14.3 Å². The van der Waals surface area contributed by atoms with Crippen LogP contribution in [0.25, 0.3) is 10.9 Å². The lowest BCUT2D eigenvalue weighted by Gasteiger charge is -2.17. The van der Waals surface area contributed by atoms with E-state index in [0.29, 0.717) is 19.4 Å². The van der Waals surface area contributed by atoms with E-state index in [2.05, 4.69) is 17.2 Å². The predicted octanol–water partition coefficient (Wildman–Crippen LogP) is 3.34. The first-order valence-electron chi connectivity index (χ1n) is 8.66. The number of benzene rings is 1. The number of aromatic nitrogens is 1. The number of carbonyl (C=O) groups excluding carboxylic acids is 2. The SMILES string of the molecule is CCCCCC(=O)N[C@@H](Cc1c[nH]c2ccccc12)C(=O)OCC. The van der Waals surface area contributed by atoms with E-state index in [0.717, 1.165) is 35.7 Å². The highest BCUT2D eigenvalue weighted by atomic mass is 16.5. The average Bonchev–Trinajstić information content (AvgIpc) is 2.98. The molecule has 2 N–H and O–H groups in total. The van der Waals surface area contributed by atoms with E-state index in [9.17, 15) is 9.59 Å². The molecule has 0 saturated heterocycles. The van der Waals surface area contributed by atoms with Crippen LogP contribution in [0.15, 0.2) is 30.5 Å². The molecule has 130 valence electrons. The van der Waals surface area contributed by atoms with E-state index < -0.39 is 6.04 Å². The van der Waals surface area contributed by atoms with Crippen LogP contribution in [0.4, 0.5) is 0 Å². The first-order chi connectivity index (χ1) is 11.7. The average molecular weight is 330 g/mol. The zero-order chi connectivity index (χ0) is 17.4. The third kappa shape index (κ3) is 4.85. The second-order valence-corrected chi connectivity index (χ2v) is 5.89. The summed E-state index contributed by atoms with van der Waals surface area (Å²) < 4.78 is 5.13. The predicted molar refractivity (Wildman–Crippen MR) is 94.7 cm³/mol. The summed E-state index contributed by atoms with van der Waals surface area (Å²) in [5.74, 6) is -0.479. The molecule has 0 unspecified atom stereocenters. The molecule has 0 saturated carbocycles. The molecule has 1 aromatic heterocycles. The molecule has 5 nitrogen and oxygen atoms in total. The number of hydrogen-bond acceptors (Lipinski definition) is 3. The largest absolute Gasteiger partial charge is 0.464 e. The molecule has 2 rings (SSSR count).